The fourth-order valence-corrected chi connectivity index (χ4v) is 4.59. The van der Waals surface area contributed by atoms with E-state index in [-0.39, 0.29) is 17.7 Å². The van der Waals surface area contributed by atoms with E-state index in [1.54, 1.807) is 4.90 Å². The number of benzene rings is 1. The third kappa shape index (κ3) is 3.18. The second-order valence-electron chi connectivity index (χ2n) is 6.91. The number of rotatable bonds is 3. The zero-order chi connectivity index (χ0) is 17.4. The van der Waals surface area contributed by atoms with Gasteiger partial charge in [-0.3, -0.25) is 9.59 Å². The molecule has 0 spiro atoms. The highest BCUT2D eigenvalue weighted by atomic mass is 32.1. The van der Waals surface area contributed by atoms with E-state index in [0.717, 1.165) is 24.4 Å². The average molecular weight is 355 g/mol. The minimum absolute atomic E-state index is 0.0369. The topological polar surface area (TPSA) is 53.5 Å². The fourth-order valence-electron chi connectivity index (χ4n) is 3.78. The Kier molecular flexibility index (Phi) is 4.29. The molecule has 2 amide bonds. The van der Waals surface area contributed by atoms with Crippen LogP contribution in [0.25, 0.3) is 0 Å². The smallest absolute Gasteiger partial charge is 0.273 e. The van der Waals surface area contributed by atoms with E-state index >= 15 is 0 Å². The Balaban J connectivity index is 1.44. The van der Waals surface area contributed by atoms with Crippen molar-refractivity contribution < 1.29 is 9.59 Å². The molecule has 0 N–H and O–H groups in total. The van der Waals surface area contributed by atoms with Gasteiger partial charge in [0, 0.05) is 38.5 Å². The monoisotopic (exact) mass is 355 g/mol. The number of carbonyl (C=O) groups excluding carboxylic acids is 2. The Morgan fingerprint density at radius 3 is 2.88 bits per heavy atom. The summed E-state index contributed by atoms with van der Waals surface area (Å²) in [5.41, 5.74) is 1.70. The molecular weight excluding hydrogens is 334 g/mol. The number of piperidine rings is 1. The number of nitrogens with zero attached hydrogens (tertiary/aromatic N) is 3. The molecule has 5 nitrogen and oxygen atoms in total. The standard InChI is InChI=1S/C19H21N3O2S/c1-21-8-7-14-10-22(11-15(14)18(21)23)19(24)16-12-25-17(20-16)9-13-5-3-2-4-6-13/h2-6,12,14-15H,7-11H2,1H3/t14-,15+/m1/s1. The molecule has 25 heavy (non-hydrogen) atoms. The molecule has 4 rings (SSSR count). The lowest BCUT2D eigenvalue weighted by Crippen LogP contribution is -2.42. The molecule has 0 aliphatic carbocycles. The highest BCUT2D eigenvalue weighted by Gasteiger charge is 2.43. The van der Waals surface area contributed by atoms with Crippen LogP contribution in [0.15, 0.2) is 35.7 Å². The molecule has 2 fully saturated rings. The molecule has 2 aliphatic heterocycles. The van der Waals surface area contributed by atoms with Crippen LogP contribution in [0.2, 0.25) is 0 Å². The Morgan fingerprint density at radius 1 is 1.28 bits per heavy atom. The molecule has 0 unspecified atom stereocenters. The summed E-state index contributed by atoms with van der Waals surface area (Å²) in [5, 5.41) is 2.79. The Morgan fingerprint density at radius 2 is 2.08 bits per heavy atom. The lowest BCUT2D eigenvalue weighted by Gasteiger charge is -2.30. The van der Waals surface area contributed by atoms with E-state index in [1.165, 1.54) is 16.9 Å². The van der Waals surface area contributed by atoms with Crippen LogP contribution in [0.3, 0.4) is 0 Å². The number of carbonyl (C=O) groups is 2. The van der Waals surface area contributed by atoms with Gasteiger partial charge < -0.3 is 9.80 Å². The summed E-state index contributed by atoms with van der Waals surface area (Å²) in [6, 6.07) is 10.1. The van der Waals surface area contributed by atoms with Crippen LogP contribution in [-0.4, -0.2) is 53.3 Å². The highest BCUT2D eigenvalue weighted by molar-refractivity contribution is 7.09. The third-order valence-electron chi connectivity index (χ3n) is 5.23. The van der Waals surface area contributed by atoms with Crippen molar-refractivity contribution in [1.29, 1.82) is 0 Å². The van der Waals surface area contributed by atoms with E-state index in [9.17, 15) is 9.59 Å². The quantitative estimate of drug-likeness (QED) is 0.849. The second kappa shape index (κ2) is 6.59. The van der Waals surface area contributed by atoms with Crippen molar-refractivity contribution in [2.45, 2.75) is 12.8 Å². The van der Waals surface area contributed by atoms with Gasteiger partial charge in [0.05, 0.1) is 10.9 Å². The van der Waals surface area contributed by atoms with Crippen LogP contribution in [0.4, 0.5) is 0 Å². The third-order valence-corrected chi connectivity index (χ3v) is 6.07. The van der Waals surface area contributed by atoms with E-state index in [1.807, 2.05) is 35.5 Å². The summed E-state index contributed by atoms with van der Waals surface area (Å²) in [5.74, 6) is 0.398. The second-order valence-corrected chi connectivity index (χ2v) is 7.86. The first-order chi connectivity index (χ1) is 12.1. The van der Waals surface area contributed by atoms with Crippen molar-refractivity contribution in [2.75, 3.05) is 26.7 Å². The number of thiazole rings is 1. The van der Waals surface area contributed by atoms with Gasteiger partial charge in [0.2, 0.25) is 5.91 Å². The van der Waals surface area contributed by atoms with Crippen molar-refractivity contribution in [3.63, 3.8) is 0 Å². The van der Waals surface area contributed by atoms with Crippen molar-refractivity contribution >= 4 is 23.2 Å². The van der Waals surface area contributed by atoms with Gasteiger partial charge in [-0.1, -0.05) is 30.3 Å². The number of likely N-dealkylation sites (tertiary alicyclic amines) is 2. The SMILES string of the molecule is CN1CC[C@@H]2CN(C(=O)c3csc(Cc4ccccc4)n3)C[C@@H]2C1=O. The first-order valence-corrected chi connectivity index (χ1v) is 9.52. The fraction of sp³-hybridized carbons (Fsp3) is 0.421. The van der Waals surface area contributed by atoms with Crippen molar-refractivity contribution in [1.82, 2.24) is 14.8 Å². The molecule has 1 aromatic heterocycles. The van der Waals surface area contributed by atoms with Crippen LogP contribution >= 0.6 is 11.3 Å². The summed E-state index contributed by atoms with van der Waals surface area (Å²) in [6.45, 7) is 1.99. The zero-order valence-electron chi connectivity index (χ0n) is 14.2. The first-order valence-electron chi connectivity index (χ1n) is 8.64. The largest absolute Gasteiger partial charge is 0.345 e. The summed E-state index contributed by atoms with van der Waals surface area (Å²) in [7, 11) is 1.85. The first kappa shape index (κ1) is 16.3. The molecule has 2 saturated heterocycles. The number of hydrogen-bond donors (Lipinski definition) is 0. The lowest BCUT2D eigenvalue weighted by molar-refractivity contribution is -0.137. The maximum absolute atomic E-state index is 12.8. The van der Waals surface area contributed by atoms with E-state index in [0.29, 0.717) is 24.7 Å². The van der Waals surface area contributed by atoms with E-state index in [4.69, 9.17) is 0 Å². The summed E-state index contributed by atoms with van der Waals surface area (Å²) < 4.78 is 0. The van der Waals surface area contributed by atoms with Gasteiger partial charge in [-0.25, -0.2) is 4.98 Å². The molecule has 2 aliphatic rings. The van der Waals surface area contributed by atoms with Gasteiger partial charge in [-0.05, 0) is 17.9 Å². The molecule has 0 saturated carbocycles. The van der Waals surface area contributed by atoms with Crippen LogP contribution in [-0.2, 0) is 11.2 Å². The lowest BCUT2D eigenvalue weighted by atomic mass is 9.88. The summed E-state index contributed by atoms with van der Waals surface area (Å²) in [4.78, 5) is 33.2. The number of fused-ring (bicyclic) bond motifs is 1. The Labute approximate surface area is 151 Å². The van der Waals surface area contributed by atoms with Gasteiger partial charge in [-0.2, -0.15) is 0 Å². The molecule has 2 atom stereocenters. The molecule has 0 bridgehead atoms. The molecule has 130 valence electrons. The Hall–Kier alpha value is -2.21. The van der Waals surface area contributed by atoms with Gasteiger partial charge in [0.1, 0.15) is 5.69 Å². The molecule has 2 aromatic rings. The normalized spacial score (nSPS) is 23.0. The number of amides is 2. The molecule has 0 radical (unpaired) electrons. The van der Waals surface area contributed by atoms with Crippen LogP contribution in [0.1, 0.15) is 27.5 Å². The van der Waals surface area contributed by atoms with Crippen LogP contribution in [0, 0.1) is 11.8 Å². The van der Waals surface area contributed by atoms with Crippen LogP contribution < -0.4 is 0 Å². The van der Waals surface area contributed by atoms with Gasteiger partial charge in [0.25, 0.3) is 5.91 Å². The van der Waals surface area contributed by atoms with Gasteiger partial charge in [0.15, 0.2) is 0 Å². The maximum Gasteiger partial charge on any atom is 0.273 e. The summed E-state index contributed by atoms with van der Waals surface area (Å²) in [6.07, 6.45) is 1.72. The highest BCUT2D eigenvalue weighted by Crippen LogP contribution is 2.32. The Bertz CT molecular complexity index is 789. The predicted octanol–water partition coefficient (Wildman–Crippen LogP) is 2.28. The number of hydrogen-bond acceptors (Lipinski definition) is 4. The van der Waals surface area contributed by atoms with E-state index in [2.05, 4.69) is 17.1 Å². The minimum Gasteiger partial charge on any atom is -0.345 e. The van der Waals surface area contributed by atoms with E-state index < -0.39 is 0 Å². The summed E-state index contributed by atoms with van der Waals surface area (Å²) >= 11 is 1.52. The molecule has 1 aromatic carbocycles. The maximum atomic E-state index is 12.8. The minimum atomic E-state index is -0.0413. The predicted molar refractivity (Wildman–Crippen MR) is 96.5 cm³/mol. The van der Waals surface area contributed by atoms with Gasteiger partial charge in [-0.15, -0.1) is 11.3 Å². The van der Waals surface area contributed by atoms with Crippen molar-refractivity contribution in [3.8, 4) is 0 Å². The van der Waals surface area contributed by atoms with Crippen LogP contribution in [0.5, 0.6) is 0 Å². The molecular formula is C19H21N3O2S. The van der Waals surface area contributed by atoms with Gasteiger partial charge >= 0.3 is 0 Å². The number of aromatic nitrogens is 1. The molecule has 6 heteroatoms. The van der Waals surface area contributed by atoms with Crippen molar-refractivity contribution in [2.24, 2.45) is 11.8 Å². The van der Waals surface area contributed by atoms with Crippen molar-refractivity contribution in [3.05, 3.63) is 52.0 Å². The average Bonchev–Trinajstić information content (AvgIpc) is 3.26. The molecule has 3 heterocycles. The zero-order valence-corrected chi connectivity index (χ0v) is 15.0.